The number of benzene rings is 1. The zero-order valence-corrected chi connectivity index (χ0v) is 13.3. The number of carboxylic acid groups (broad SMARTS) is 1. The Morgan fingerprint density at radius 1 is 1.43 bits per heavy atom. The number of hydrogen-bond donors (Lipinski definition) is 2. The molecular formula is C15H20N2O3S. The molecule has 0 aliphatic heterocycles. The average molecular weight is 308 g/mol. The standard InChI is InChI=1S/C15H20N2O3S/c1-4-15(5-2,21-3)9-16-14-17-11-7-6-10(13(18)19)8-12(11)20-14/h6-8H,4-5,9H2,1-3H3,(H,16,17)(H,18,19). The van der Waals surface area contributed by atoms with Gasteiger partial charge in [0.1, 0.15) is 5.52 Å². The number of oxazole rings is 1. The van der Waals surface area contributed by atoms with Crippen LogP contribution < -0.4 is 5.32 Å². The van der Waals surface area contributed by atoms with E-state index in [2.05, 4.69) is 30.4 Å². The van der Waals surface area contributed by atoms with E-state index in [1.807, 2.05) is 11.8 Å². The predicted molar refractivity (Wildman–Crippen MR) is 86.3 cm³/mol. The lowest BCUT2D eigenvalue weighted by atomic mass is 10.0. The van der Waals surface area contributed by atoms with Gasteiger partial charge in [-0.1, -0.05) is 13.8 Å². The molecule has 0 amide bonds. The molecule has 6 heteroatoms. The summed E-state index contributed by atoms with van der Waals surface area (Å²) in [4.78, 5) is 15.3. The van der Waals surface area contributed by atoms with E-state index in [4.69, 9.17) is 9.52 Å². The molecule has 2 aromatic rings. The molecule has 0 aliphatic rings. The summed E-state index contributed by atoms with van der Waals surface area (Å²) in [6.07, 6.45) is 4.22. The van der Waals surface area contributed by atoms with E-state index >= 15 is 0 Å². The summed E-state index contributed by atoms with van der Waals surface area (Å²) in [5, 5.41) is 12.2. The lowest BCUT2D eigenvalue weighted by Crippen LogP contribution is -2.32. The average Bonchev–Trinajstić information content (AvgIpc) is 2.91. The first-order valence-electron chi connectivity index (χ1n) is 6.96. The number of carboxylic acids is 1. The summed E-state index contributed by atoms with van der Waals surface area (Å²) in [6.45, 7) is 5.11. The number of fused-ring (bicyclic) bond motifs is 1. The molecule has 0 bridgehead atoms. The smallest absolute Gasteiger partial charge is 0.335 e. The van der Waals surface area contributed by atoms with E-state index in [0.717, 1.165) is 19.4 Å². The number of anilines is 1. The fraction of sp³-hybridized carbons (Fsp3) is 0.467. The van der Waals surface area contributed by atoms with Crippen LogP contribution in [0.5, 0.6) is 0 Å². The SMILES string of the molecule is CCC(CC)(CNc1nc2ccc(C(=O)O)cc2o1)SC. The zero-order chi connectivity index (χ0) is 15.5. The highest BCUT2D eigenvalue weighted by atomic mass is 32.2. The van der Waals surface area contributed by atoms with Crippen LogP contribution in [0.4, 0.5) is 6.01 Å². The number of carbonyl (C=O) groups is 1. The summed E-state index contributed by atoms with van der Waals surface area (Å²) in [6, 6.07) is 5.13. The highest BCUT2D eigenvalue weighted by molar-refractivity contribution is 8.00. The Bertz CT molecular complexity index is 627. The van der Waals surface area contributed by atoms with Gasteiger partial charge in [-0.25, -0.2) is 4.79 Å². The summed E-state index contributed by atoms with van der Waals surface area (Å²) >= 11 is 1.84. The first-order chi connectivity index (χ1) is 10.0. The first kappa shape index (κ1) is 15.7. The molecule has 0 unspecified atom stereocenters. The van der Waals surface area contributed by atoms with Gasteiger partial charge in [-0.3, -0.25) is 0 Å². The van der Waals surface area contributed by atoms with Crippen LogP contribution in [-0.2, 0) is 0 Å². The Hall–Kier alpha value is -1.69. The molecule has 0 aliphatic carbocycles. The molecular weight excluding hydrogens is 288 g/mol. The van der Waals surface area contributed by atoms with Crippen molar-refractivity contribution in [2.75, 3.05) is 18.1 Å². The van der Waals surface area contributed by atoms with Crippen LogP contribution in [0.1, 0.15) is 37.0 Å². The van der Waals surface area contributed by atoms with Crippen molar-refractivity contribution in [2.24, 2.45) is 0 Å². The number of nitrogens with zero attached hydrogens (tertiary/aromatic N) is 1. The van der Waals surface area contributed by atoms with Crippen molar-refractivity contribution in [3.8, 4) is 0 Å². The molecule has 114 valence electrons. The van der Waals surface area contributed by atoms with Crippen LogP contribution >= 0.6 is 11.8 Å². The van der Waals surface area contributed by atoms with Crippen molar-refractivity contribution in [3.63, 3.8) is 0 Å². The molecule has 0 saturated heterocycles. The van der Waals surface area contributed by atoms with Gasteiger partial charge < -0.3 is 14.8 Å². The molecule has 21 heavy (non-hydrogen) atoms. The van der Waals surface area contributed by atoms with Crippen molar-refractivity contribution >= 4 is 34.8 Å². The zero-order valence-electron chi connectivity index (χ0n) is 12.5. The Labute approximate surface area is 128 Å². The third-order valence-electron chi connectivity index (χ3n) is 3.92. The van der Waals surface area contributed by atoms with E-state index in [-0.39, 0.29) is 10.3 Å². The van der Waals surface area contributed by atoms with E-state index in [0.29, 0.717) is 17.1 Å². The van der Waals surface area contributed by atoms with Crippen molar-refractivity contribution in [2.45, 2.75) is 31.4 Å². The van der Waals surface area contributed by atoms with Gasteiger partial charge in [0, 0.05) is 11.3 Å². The molecule has 0 atom stereocenters. The van der Waals surface area contributed by atoms with Crippen LogP contribution in [0.3, 0.4) is 0 Å². The molecule has 0 saturated carbocycles. The van der Waals surface area contributed by atoms with Crippen LogP contribution in [0.15, 0.2) is 22.6 Å². The first-order valence-corrected chi connectivity index (χ1v) is 8.19. The summed E-state index contributed by atoms with van der Waals surface area (Å²) in [7, 11) is 0. The van der Waals surface area contributed by atoms with Gasteiger partial charge >= 0.3 is 5.97 Å². The third-order valence-corrected chi connectivity index (χ3v) is 5.51. The minimum atomic E-state index is -0.971. The molecule has 0 radical (unpaired) electrons. The van der Waals surface area contributed by atoms with E-state index < -0.39 is 5.97 Å². The molecule has 1 heterocycles. The minimum Gasteiger partial charge on any atom is -0.478 e. The summed E-state index contributed by atoms with van der Waals surface area (Å²) < 4.78 is 5.75. The van der Waals surface area contributed by atoms with Gasteiger partial charge in [-0.15, -0.1) is 0 Å². The van der Waals surface area contributed by atoms with E-state index in [1.165, 1.54) is 12.1 Å². The Balaban J connectivity index is 2.18. The second-order valence-electron chi connectivity index (χ2n) is 4.95. The van der Waals surface area contributed by atoms with Crippen molar-refractivity contribution in [1.82, 2.24) is 4.98 Å². The Morgan fingerprint density at radius 2 is 2.14 bits per heavy atom. The molecule has 0 spiro atoms. The van der Waals surface area contributed by atoms with E-state index in [1.54, 1.807) is 6.07 Å². The maximum Gasteiger partial charge on any atom is 0.335 e. The fourth-order valence-electron chi connectivity index (χ4n) is 2.23. The number of aromatic nitrogens is 1. The van der Waals surface area contributed by atoms with Gasteiger partial charge in [0.05, 0.1) is 5.56 Å². The van der Waals surface area contributed by atoms with Crippen LogP contribution in [0.25, 0.3) is 11.1 Å². The molecule has 5 nitrogen and oxygen atoms in total. The number of rotatable bonds is 7. The molecule has 0 fully saturated rings. The second kappa shape index (κ2) is 6.39. The van der Waals surface area contributed by atoms with Crippen LogP contribution in [0.2, 0.25) is 0 Å². The lowest BCUT2D eigenvalue weighted by molar-refractivity contribution is 0.0697. The largest absolute Gasteiger partial charge is 0.478 e. The molecule has 1 aromatic heterocycles. The predicted octanol–water partition coefficient (Wildman–Crippen LogP) is 3.86. The van der Waals surface area contributed by atoms with Crippen molar-refractivity contribution < 1.29 is 14.3 Å². The molecule has 1 aromatic carbocycles. The highest BCUT2D eigenvalue weighted by Gasteiger charge is 2.25. The number of hydrogen-bond acceptors (Lipinski definition) is 5. The number of nitrogens with one attached hydrogen (secondary N) is 1. The van der Waals surface area contributed by atoms with Crippen LogP contribution in [-0.4, -0.2) is 33.6 Å². The maximum atomic E-state index is 10.9. The minimum absolute atomic E-state index is 0.160. The van der Waals surface area contributed by atoms with Gasteiger partial charge in [-0.05, 0) is 37.3 Å². The van der Waals surface area contributed by atoms with E-state index in [9.17, 15) is 4.79 Å². The Kier molecular flexibility index (Phi) is 4.77. The summed E-state index contributed by atoms with van der Waals surface area (Å²) in [5.41, 5.74) is 1.34. The summed E-state index contributed by atoms with van der Waals surface area (Å²) in [5.74, 6) is -0.971. The second-order valence-corrected chi connectivity index (χ2v) is 6.23. The number of aromatic carboxylic acids is 1. The van der Waals surface area contributed by atoms with Gasteiger partial charge in [0.15, 0.2) is 5.58 Å². The van der Waals surface area contributed by atoms with Gasteiger partial charge in [-0.2, -0.15) is 16.7 Å². The van der Waals surface area contributed by atoms with Crippen molar-refractivity contribution in [1.29, 1.82) is 0 Å². The van der Waals surface area contributed by atoms with Crippen molar-refractivity contribution in [3.05, 3.63) is 23.8 Å². The highest BCUT2D eigenvalue weighted by Crippen LogP contribution is 2.31. The fourth-order valence-corrected chi connectivity index (χ4v) is 3.02. The normalized spacial score (nSPS) is 11.8. The lowest BCUT2D eigenvalue weighted by Gasteiger charge is -2.29. The van der Waals surface area contributed by atoms with Gasteiger partial charge in [0.2, 0.25) is 0 Å². The maximum absolute atomic E-state index is 10.9. The number of thioether (sulfide) groups is 1. The monoisotopic (exact) mass is 308 g/mol. The topological polar surface area (TPSA) is 75.4 Å². The van der Waals surface area contributed by atoms with Crippen LogP contribution in [0, 0.1) is 0 Å². The Morgan fingerprint density at radius 3 is 2.71 bits per heavy atom. The van der Waals surface area contributed by atoms with Gasteiger partial charge in [0.25, 0.3) is 6.01 Å². The third kappa shape index (κ3) is 3.32. The molecule has 2 N–H and O–H groups in total. The quantitative estimate of drug-likeness (QED) is 0.809. The molecule has 2 rings (SSSR count).